The lowest BCUT2D eigenvalue weighted by Crippen LogP contribution is -2.39. The molecular formula is C19H18N4OS2. The number of carbonyl (C=O) groups excluding carboxylic acids is 1. The Balaban J connectivity index is 1.40. The Morgan fingerprint density at radius 2 is 2.27 bits per heavy atom. The smallest absolute Gasteiger partial charge is 0.239 e. The fourth-order valence-electron chi connectivity index (χ4n) is 3.33. The number of hydrogen-bond acceptors (Lipinski definition) is 6. The number of thiazole rings is 1. The van der Waals surface area contributed by atoms with Crippen molar-refractivity contribution in [2.75, 3.05) is 25.0 Å². The summed E-state index contributed by atoms with van der Waals surface area (Å²) < 4.78 is 1.22. The minimum atomic E-state index is -0.0612. The molecule has 0 unspecified atom stereocenters. The second-order valence-corrected chi connectivity index (χ2v) is 8.40. The van der Waals surface area contributed by atoms with Crippen molar-refractivity contribution in [3.63, 3.8) is 0 Å². The van der Waals surface area contributed by atoms with Crippen molar-refractivity contribution in [1.82, 2.24) is 9.88 Å². The van der Waals surface area contributed by atoms with Crippen LogP contribution < -0.4 is 5.32 Å². The SMILES string of the molecule is N#Cc1ccsc1NC(=O)CN1CCC[C@H](c2nc3ccccc3s2)C1. The van der Waals surface area contributed by atoms with E-state index in [2.05, 4.69) is 28.4 Å². The van der Waals surface area contributed by atoms with Gasteiger partial charge in [0.25, 0.3) is 0 Å². The molecule has 7 heteroatoms. The lowest BCUT2D eigenvalue weighted by molar-refractivity contribution is -0.117. The van der Waals surface area contributed by atoms with Crippen molar-refractivity contribution in [3.05, 3.63) is 46.3 Å². The molecule has 1 fully saturated rings. The number of fused-ring (bicyclic) bond motifs is 1. The zero-order valence-electron chi connectivity index (χ0n) is 14.1. The molecule has 3 aromatic rings. The van der Waals surface area contributed by atoms with E-state index in [1.54, 1.807) is 17.4 Å². The van der Waals surface area contributed by atoms with E-state index in [1.807, 2.05) is 17.5 Å². The van der Waals surface area contributed by atoms with Gasteiger partial charge in [0.15, 0.2) is 0 Å². The molecule has 4 rings (SSSR count). The predicted molar refractivity (Wildman–Crippen MR) is 106 cm³/mol. The van der Waals surface area contributed by atoms with E-state index in [9.17, 15) is 4.79 Å². The third kappa shape index (κ3) is 3.63. The number of anilines is 1. The van der Waals surface area contributed by atoms with Gasteiger partial charge in [-0.1, -0.05) is 12.1 Å². The van der Waals surface area contributed by atoms with Gasteiger partial charge in [-0.15, -0.1) is 22.7 Å². The Hall–Kier alpha value is -2.27. The van der Waals surface area contributed by atoms with Crippen LogP contribution >= 0.6 is 22.7 Å². The van der Waals surface area contributed by atoms with Gasteiger partial charge in [-0.3, -0.25) is 9.69 Å². The highest BCUT2D eigenvalue weighted by atomic mass is 32.1. The summed E-state index contributed by atoms with van der Waals surface area (Å²) in [5.41, 5.74) is 1.58. The van der Waals surface area contributed by atoms with Gasteiger partial charge in [0.05, 0.1) is 27.3 Å². The number of nitrogens with zero attached hydrogens (tertiary/aromatic N) is 3. The van der Waals surface area contributed by atoms with Crippen LogP contribution in [0.4, 0.5) is 5.00 Å². The van der Waals surface area contributed by atoms with Crippen molar-refractivity contribution in [2.45, 2.75) is 18.8 Å². The lowest BCUT2D eigenvalue weighted by atomic mass is 9.99. The van der Waals surface area contributed by atoms with Crippen molar-refractivity contribution in [3.8, 4) is 6.07 Å². The summed E-state index contributed by atoms with van der Waals surface area (Å²) in [4.78, 5) is 19.3. The number of amides is 1. The zero-order chi connectivity index (χ0) is 17.9. The van der Waals surface area contributed by atoms with E-state index < -0.39 is 0 Å². The molecule has 0 radical (unpaired) electrons. The molecule has 1 aliphatic heterocycles. The van der Waals surface area contributed by atoms with E-state index in [4.69, 9.17) is 10.2 Å². The third-order valence-electron chi connectivity index (χ3n) is 4.57. The molecule has 0 saturated carbocycles. The van der Waals surface area contributed by atoms with Crippen molar-refractivity contribution in [1.29, 1.82) is 5.26 Å². The molecule has 1 saturated heterocycles. The van der Waals surface area contributed by atoms with Crippen LogP contribution in [0.2, 0.25) is 0 Å². The van der Waals surface area contributed by atoms with Crippen LogP contribution in [0.5, 0.6) is 0 Å². The average Bonchev–Trinajstić information content (AvgIpc) is 3.28. The first kappa shape index (κ1) is 17.2. The number of thiophene rings is 1. The zero-order valence-corrected chi connectivity index (χ0v) is 15.8. The first-order chi connectivity index (χ1) is 12.7. The summed E-state index contributed by atoms with van der Waals surface area (Å²) in [6, 6.07) is 12.1. The average molecular weight is 383 g/mol. The molecule has 1 aliphatic rings. The maximum Gasteiger partial charge on any atom is 0.239 e. The van der Waals surface area contributed by atoms with E-state index in [1.165, 1.54) is 21.0 Å². The Morgan fingerprint density at radius 1 is 1.38 bits per heavy atom. The van der Waals surface area contributed by atoms with Crippen LogP contribution in [0.3, 0.4) is 0 Å². The van der Waals surface area contributed by atoms with Gasteiger partial charge < -0.3 is 5.32 Å². The van der Waals surface area contributed by atoms with E-state index in [0.717, 1.165) is 31.4 Å². The standard InChI is InChI=1S/C19H18N4OS2/c20-10-13-7-9-25-18(13)22-17(24)12-23-8-3-4-14(11-23)19-21-15-5-1-2-6-16(15)26-19/h1-2,5-7,9,14H,3-4,8,11-12H2,(H,22,24)/t14-/m0/s1. The summed E-state index contributed by atoms with van der Waals surface area (Å²) in [6.07, 6.45) is 2.18. The first-order valence-electron chi connectivity index (χ1n) is 8.58. The van der Waals surface area contributed by atoms with E-state index >= 15 is 0 Å². The minimum Gasteiger partial charge on any atom is -0.315 e. The van der Waals surface area contributed by atoms with Crippen LogP contribution in [0, 0.1) is 11.3 Å². The van der Waals surface area contributed by atoms with Crippen LogP contribution in [-0.2, 0) is 4.79 Å². The number of nitrogens with one attached hydrogen (secondary N) is 1. The number of aromatic nitrogens is 1. The third-order valence-corrected chi connectivity index (χ3v) is 6.60. The molecule has 26 heavy (non-hydrogen) atoms. The topological polar surface area (TPSA) is 69.0 Å². The molecule has 3 heterocycles. The summed E-state index contributed by atoms with van der Waals surface area (Å²) in [6.45, 7) is 2.12. The molecule has 1 amide bonds. The van der Waals surface area contributed by atoms with E-state index in [0.29, 0.717) is 23.0 Å². The molecule has 5 nitrogen and oxygen atoms in total. The molecular weight excluding hydrogens is 364 g/mol. The molecule has 1 N–H and O–H groups in total. The Bertz CT molecular complexity index is 938. The molecule has 0 spiro atoms. The molecule has 132 valence electrons. The maximum absolute atomic E-state index is 12.4. The van der Waals surface area contributed by atoms with Gasteiger partial charge in [-0.2, -0.15) is 5.26 Å². The normalized spacial score (nSPS) is 17.9. The Kier molecular flexibility index (Phi) is 4.98. The number of benzene rings is 1. The van der Waals surface area contributed by atoms with Gasteiger partial charge in [-0.25, -0.2) is 4.98 Å². The highest BCUT2D eigenvalue weighted by Crippen LogP contribution is 2.33. The van der Waals surface area contributed by atoms with Crippen LogP contribution in [0.15, 0.2) is 35.7 Å². The highest BCUT2D eigenvalue weighted by molar-refractivity contribution is 7.18. The molecule has 0 aliphatic carbocycles. The molecule has 0 bridgehead atoms. The molecule has 1 aromatic carbocycles. The second kappa shape index (κ2) is 7.54. The van der Waals surface area contributed by atoms with Crippen LogP contribution in [0.1, 0.15) is 29.3 Å². The van der Waals surface area contributed by atoms with Gasteiger partial charge in [-0.05, 0) is 43.0 Å². The number of rotatable bonds is 4. The number of para-hydroxylation sites is 1. The number of likely N-dealkylation sites (tertiary alicyclic amines) is 1. The molecule has 2 aromatic heterocycles. The quantitative estimate of drug-likeness (QED) is 0.739. The Morgan fingerprint density at radius 3 is 3.12 bits per heavy atom. The van der Waals surface area contributed by atoms with E-state index in [-0.39, 0.29) is 5.91 Å². The summed E-state index contributed by atoms with van der Waals surface area (Å²) in [5.74, 6) is 0.319. The van der Waals surface area contributed by atoms with Crippen molar-refractivity contribution in [2.24, 2.45) is 0 Å². The Labute approximate surface area is 159 Å². The largest absolute Gasteiger partial charge is 0.315 e. The summed E-state index contributed by atoms with van der Waals surface area (Å²) >= 11 is 3.14. The number of hydrogen-bond donors (Lipinski definition) is 1. The fraction of sp³-hybridized carbons (Fsp3) is 0.316. The predicted octanol–water partition coefficient (Wildman–Crippen LogP) is 4.05. The number of piperidine rings is 1. The lowest BCUT2D eigenvalue weighted by Gasteiger charge is -2.31. The van der Waals surface area contributed by atoms with Crippen molar-refractivity contribution < 1.29 is 4.79 Å². The van der Waals surface area contributed by atoms with Gasteiger partial charge in [0.1, 0.15) is 11.1 Å². The van der Waals surface area contributed by atoms with Gasteiger partial charge in [0, 0.05) is 12.5 Å². The highest BCUT2D eigenvalue weighted by Gasteiger charge is 2.25. The van der Waals surface area contributed by atoms with Gasteiger partial charge >= 0.3 is 0 Å². The summed E-state index contributed by atoms with van der Waals surface area (Å²) in [5, 5.41) is 15.5. The van der Waals surface area contributed by atoms with Gasteiger partial charge in [0.2, 0.25) is 5.91 Å². The summed E-state index contributed by atoms with van der Waals surface area (Å²) in [7, 11) is 0. The van der Waals surface area contributed by atoms with Crippen molar-refractivity contribution >= 4 is 43.8 Å². The fourth-order valence-corrected chi connectivity index (χ4v) is 5.18. The number of carbonyl (C=O) groups is 1. The first-order valence-corrected chi connectivity index (χ1v) is 10.3. The second-order valence-electron chi connectivity index (χ2n) is 6.42. The minimum absolute atomic E-state index is 0.0612. The van der Waals surface area contributed by atoms with Crippen LogP contribution in [0.25, 0.3) is 10.2 Å². The molecule has 1 atom stereocenters. The number of nitriles is 1. The maximum atomic E-state index is 12.4. The van der Waals surface area contributed by atoms with Crippen LogP contribution in [-0.4, -0.2) is 35.4 Å². The monoisotopic (exact) mass is 382 g/mol.